The molecule has 0 aliphatic rings. The van der Waals surface area contributed by atoms with Gasteiger partial charge in [-0.1, -0.05) is 84.6 Å². The molecule has 0 N–H and O–H groups in total. The molecular formula is C32H29O4PS. The second-order valence-corrected chi connectivity index (χ2v) is 13.8. The van der Waals surface area contributed by atoms with Crippen LogP contribution in [0.1, 0.15) is 11.1 Å². The lowest BCUT2D eigenvalue weighted by atomic mass is 10.1. The van der Waals surface area contributed by atoms with E-state index in [2.05, 4.69) is 24.3 Å². The zero-order valence-electron chi connectivity index (χ0n) is 21.2. The maximum Gasteiger partial charge on any atom is 0.235 e. The predicted octanol–water partition coefficient (Wildman–Crippen LogP) is 7.73. The molecule has 5 rings (SSSR count). The Bertz CT molecular complexity index is 1570. The molecule has 0 aliphatic carbocycles. The van der Waals surface area contributed by atoms with E-state index in [1.165, 1.54) is 11.1 Å². The Labute approximate surface area is 228 Å². The Morgan fingerprint density at radius 3 is 1.87 bits per heavy atom. The molecule has 4 aromatic carbocycles. The zero-order chi connectivity index (χ0) is 26.4. The summed E-state index contributed by atoms with van der Waals surface area (Å²) in [5, 5.41) is 0.479. The lowest BCUT2D eigenvalue weighted by Crippen LogP contribution is -2.13. The fourth-order valence-corrected chi connectivity index (χ4v) is 7.27. The molecule has 0 aliphatic heterocycles. The smallest absolute Gasteiger partial charge is 0.235 e. The van der Waals surface area contributed by atoms with E-state index in [0.29, 0.717) is 29.1 Å². The first-order valence-corrected chi connectivity index (χ1v) is 15.7. The van der Waals surface area contributed by atoms with E-state index in [0.717, 1.165) is 24.2 Å². The minimum atomic E-state index is -2.49. The molecule has 0 fully saturated rings. The summed E-state index contributed by atoms with van der Waals surface area (Å²) in [6.07, 6.45) is 0.420. The van der Waals surface area contributed by atoms with Crippen molar-refractivity contribution in [2.45, 2.75) is 12.8 Å². The third-order valence-electron chi connectivity index (χ3n) is 6.53. The molecule has 0 saturated heterocycles. The Balaban J connectivity index is 1.56. The van der Waals surface area contributed by atoms with Crippen molar-refractivity contribution in [1.29, 1.82) is 0 Å². The Hall–Kier alpha value is -3.66. The second-order valence-electron chi connectivity index (χ2n) is 9.14. The lowest BCUT2D eigenvalue weighted by Gasteiger charge is -2.24. The maximum absolute atomic E-state index is 13.8. The summed E-state index contributed by atoms with van der Waals surface area (Å²) in [7, 11) is 1.62. The highest BCUT2D eigenvalue weighted by atomic mass is 32.4. The van der Waals surface area contributed by atoms with Crippen molar-refractivity contribution in [3.63, 3.8) is 0 Å². The third-order valence-corrected chi connectivity index (χ3v) is 10.2. The molecule has 5 aromatic rings. The summed E-state index contributed by atoms with van der Waals surface area (Å²) in [5.74, 6) is 1.30. The van der Waals surface area contributed by atoms with Crippen LogP contribution < -0.4 is 14.7 Å². The topological polar surface area (TPSA) is 48.7 Å². The number of benzene rings is 4. The zero-order valence-corrected chi connectivity index (χ0v) is 22.9. The molecule has 0 amide bonds. The molecule has 38 heavy (non-hydrogen) atoms. The number of fused-ring (bicyclic) bond motifs is 1. The molecule has 1 aromatic heterocycles. The minimum absolute atomic E-state index is 0.193. The van der Waals surface area contributed by atoms with Gasteiger partial charge in [0.1, 0.15) is 17.6 Å². The fourth-order valence-electron chi connectivity index (χ4n) is 4.40. The molecule has 0 saturated carbocycles. The van der Waals surface area contributed by atoms with E-state index in [9.17, 15) is 4.79 Å². The molecule has 1 heterocycles. The standard InChI is InChI=1S/C32H29O4PS/c1-34-27-18-16-26(17-19-27)31-32(30(33)28-14-8-9-15-29(28)35-31)36-37(38,22-20-24-10-4-2-5-11-24)23-21-25-12-6-3-7-13-25/h2-19H,20-23H2,1H3. The van der Waals surface area contributed by atoms with Crippen molar-refractivity contribution in [2.75, 3.05) is 19.4 Å². The van der Waals surface area contributed by atoms with Crippen LogP contribution in [-0.4, -0.2) is 19.4 Å². The van der Waals surface area contributed by atoms with Gasteiger partial charge in [-0.05, 0) is 60.4 Å². The van der Waals surface area contributed by atoms with Gasteiger partial charge in [-0.3, -0.25) is 4.79 Å². The van der Waals surface area contributed by atoms with Gasteiger partial charge in [0, 0.05) is 17.9 Å². The molecule has 0 bridgehead atoms. The first-order valence-electron chi connectivity index (χ1n) is 12.6. The first-order chi connectivity index (χ1) is 18.5. The number of aryl methyl sites for hydroxylation is 2. The normalized spacial score (nSPS) is 11.4. The Morgan fingerprint density at radius 1 is 0.737 bits per heavy atom. The van der Waals surface area contributed by atoms with Gasteiger partial charge in [-0.2, -0.15) is 0 Å². The van der Waals surface area contributed by atoms with Crippen LogP contribution in [0, 0.1) is 0 Å². The molecule has 6 heteroatoms. The van der Waals surface area contributed by atoms with E-state index in [1.807, 2.05) is 72.8 Å². The predicted molar refractivity (Wildman–Crippen MR) is 159 cm³/mol. The van der Waals surface area contributed by atoms with Crippen molar-refractivity contribution in [3.8, 4) is 22.8 Å². The monoisotopic (exact) mass is 540 g/mol. The largest absolute Gasteiger partial charge is 0.497 e. The Morgan fingerprint density at radius 2 is 1.29 bits per heavy atom. The summed E-state index contributed by atoms with van der Waals surface area (Å²) >= 11 is 6.30. The van der Waals surface area contributed by atoms with Crippen LogP contribution in [-0.2, 0) is 24.6 Å². The van der Waals surface area contributed by atoms with Gasteiger partial charge in [-0.25, -0.2) is 0 Å². The van der Waals surface area contributed by atoms with Crippen LogP contribution in [0.3, 0.4) is 0 Å². The number of rotatable bonds is 10. The number of methoxy groups -OCH3 is 1. The highest BCUT2D eigenvalue weighted by Crippen LogP contribution is 2.50. The maximum atomic E-state index is 13.8. The minimum Gasteiger partial charge on any atom is -0.497 e. The van der Waals surface area contributed by atoms with Crippen LogP contribution in [0.5, 0.6) is 11.5 Å². The van der Waals surface area contributed by atoms with E-state index in [4.69, 9.17) is 25.5 Å². The summed E-state index contributed by atoms with van der Waals surface area (Å²) in [4.78, 5) is 13.8. The third kappa shape index (κ3) is 6.07. The van der Waals surface area contributed by atoms with Gasteiger partial charge >= 0.3 is 0 Å². The highest BCUT2D eigenvalue weighted by molar-refractivity contribution is 8.12. The summed E-state index contributed by atoms with van der Waals surface area (Å²) in [6, 6.07) is 35.2. The summed E-state index contributed by atoms with van der Waals surface area (Å²) in [5.41, 5.74) is 3.44. The molecular weight excluding hydrogens is 511 g/mol. The average molecular weight is 541 g/mol. The number of para-hydroxylation sites is 1. The van der Waals surface area contributed by atoms with Gasteiger partial charge in [0.15, 0.2) is 5.76 Å². The van der Waals surface area contributed by atoms with E-state index in [-0.39, 0.29) is 11.2 Å². The van der Waals surface area contributed by atoms with Crippen LogP contribution in [0.15, 0.2) is 118 Å². The van der Waals surface area contributed by atoms with Crippen molar-refractivity contribution in [3.05, 3.63) is 131 Å². The van der Waals surface area contributed by atoms with Crippen LogP contribution in [0.4, 0.5) is 0 Å². The van der Waals surface area contributed by atoms with Crippen LogP contribution in [0.25, 0.3) is 22.3 Å². The van der Waals surface area contributed by atoms with Gasteiger partial charge in [0.2, 0.25) is 11.2 Å². The van der Waals surface area contributed by atoms with Crippen molar-refractivity contribution in [2.24, 2.45) is 0 Å². The van der Waals surface area contributed by atoms with Crippen molar-refractivity contribution >= 4 is 29.0 Å². The first kappa shape index (κ1) is 26.0. The van der Waals surface area contributed by atoms with Gasteiger partial charge in [0.25, 0.3) is 0 Å². The molecule has 0 radical (unpaired) electrons. The Kier molecular flexibility index (Phi) is 8.07. The second kappa shape index (κ2) is 11.8. The van der Waals surface area contributed by atoms with Crippen LogP contribution in [0.2, 0.25) is 0 Å². The van der Waals surface area contributed by atoms with E-state index in [1.54, 1.807) is 19.2 Å². The number of hydrogen-bond donors (Lipinski definition) is 0. The SMILES string of the molecule is COc1ccc(-c2oc3ccccc3c(=O)c2OP(=S)(CCc2ccccc2)CCc2ccccc2)cc1. The lowest BCUT2D eigenvalue weighted by molar-refractivity contribution is 0.415. The molecule has 192 valence electrons. The summed E-state index contributed by atoms with van der Waals surface area (Å²) < 4.78 is 18.3. The fraction of sp³-hybridized carbons (Fsp3) is 0.156. The molecule has 0 unspecified atom stereocenters. The molecule has 4 nitrogen and oxygen atoms in total. The average Bonchev–Trinajstić information content (AvgIpc) is 2.98. The van der Waals surface area contributed by atoms with Gasteiger partial charge < -0.3 is 13.7 Å². The van der Waals surface area contributed by atoms with E-state index >= 15 is 0 Å². The number of hydrogen-bond acceptors (Lipinski definition) is 5. The van der Waals surface area contributed by atoms with Crippen molar-refractivity contribution < 1.29 is 13.7 Å². The van der Waals surface area contributed by atoms with Crippen molar-refractivity contribution in [1.82, 2.24) is 0 Å². The highest BCUT2D eigenvalue weighted by Gasteiger charge is 2.26. The molecule has 0 spiro atoms. The van der Waals surface area contributed by atoms with E-state index < -0.39 is 6.26 Å². The van der Waals surface area contributed by atoms with Crippen LogP contribution >= 0.6 is 6.26 Å². The van der Waals surface area contributed by atoms with Gasteiger partial charge in [-0.15, -0.1) is 0 Å². The number of ether oxygens (including phenoxy) is 1. The quantitative estimate of drug-likeness (QED) is 0.170. The molecule has 0 atom stereocenters. The summed E-state index contributed by atoms with van der Waals surface area (Å²) in [6.45, 7) is 0. The van der Waals surface area contributed by atoms with Gasteiger partial charge in [0.05, 0.1) is 12.5 Å².